The summed E-state index contributed by atoms with van der Waals surface area (Å²) in [6.45, 7) is 1.08. The number of carbonyl (C=O) groups is 1. The van der Waals surface area contributed by atoms with Gasteiger partial charge >= 0.3 is 5.97 Å². The van der Waals surface area contributed by atoms with Crippen molar-refractivity contribution in [1.29, 1.82) is 0 Å². The smallest absolute Gasteiger partial charge is 0.323 e. The molecule has 1 aliphatic heterocycles. The fraction of sp³-hybridized carbons (Fsp3) is 0.889. The molecular weight excluding hydrogens is 202 g/mol. The molecule has 0 aromatic carbocycles. The zero-order valence-electron chi connectivity index (χ0n) is 8.15. The first kappa shape index (κ1) is 11.8. The highest BCUT2D eigenvalue weighted by Crippen LogP contribution is 2.12. The third kappa shape index (κ3) is 3.86. The van der Waals surface area contributed by atoms with Gasteiger partial charge in [-0.1, -0.05) is 0 Å². The molecule has 2 N–H and O–H groups in total. The Bertz CT molecular complexity index is 183. The number of nitrogens with two attached hydrogens (primary N) is 1. The predicted molar refractivity (Wildman–Crippen MR) is 56.4 cm³/mol. The van der Waals surface area contributed by atoms with Crippen LogP contribution in [0.4, 0.5) is 0 Å². The zero-order valence-corrected chi connectivity index (χ0v) is 9.04. The van der Waals surface area contributed by atoms with E-state index in [-0.39, 0.29) is 6.10 Å². The molecule has 0 saturated carbocycles. The first-order valence-electron chi connectivity index (χ1n) is 4.88. The largest absolute Gasteiger partial charge is 0.462 e. The normalized spacial score (nSPS) is 24.3. The fourth-order valence-corrected chi connectivity index (χ4v) is 1.44. The summed E-state index contributed by atoms with van der Waals surface area (Å²) < 4.78 is 10.4. The van der Waals surface area contributed by atoms with Gasteiger partial charge in [-0.05, 0) is 19.3 Å². The number of rotatable bonds is 4. The summed E-state index contributed by atoms with van der Waals surface area (Å²) in [5, 5.41) is 0. The minimum atomic E-state index is -0.623. The number of thiol groups is 1. The Kier molecular flexibility index (Phi) is 5.29. The minimum absolute atomic E-state index is 0.0554. The summed E-state index contributed by atoms with van der Waals surface area (Å²) in [4.78, 5) is 11.2. The van der Waals surface area contributed by atoms with Crippen LogP contribution in [0.3, 0.4) is 0 Å². The van der Waals surface area contributed by atoms with Gasteiger partial charge in [0.15, 0.2) is 0 Å². The third-order valence-electron chi connectivity index (χ3n) is 2.18. The van der Waals surface area contributed by atoms with E-state index in [9.17, 15) is 4.79 Å². The number of hydrogen-bond donors (Lipinski definition) is 2. The number of hydrogen-bond acceptors (Lipinski definition) is 5. The Morgan fingerprint density at radius 1 is 1.64 bits per heavy atom. The second kappa shape index (κ2) is 6.27. The van der Waals surface area contributed by atoms with Crippen molar-refractivity contribution in [2.24, 2.45) is 5.73 Å². The Hall–Kier alpha value is -0.260. The maximum atomic E-state index is 11.2. The van der Waals surface area contributed by atoms with Gasteiger partial charge < -0.3 is 15.2 Å². The standard InChI is InChI=1S/C9H17NO3S/c10-8(6-14)9(11)13-5-7-3-1-2-4-12-7/h7-8,14H,1-6,10H2/t7?,8-/m0/s1. The van der Waals surface area contributed by atoms with Crippen LogP contribution >= 0.6 is 12.6 Å². The molecule has 1 saturated heterocycles. The van der Waals surface area contributed by atoms with Gasteiger partial charge in [-0.2, -0.15) is 12.6 Å². The maximum Gasteiger partial charge on any atom is 0.323 e. The van der Waals surface area contributed by atoms with E-state index >= 15 is 0 Å². The third-order valence-corrected chi connectivity index (χ3v) is 2.58. The van der Waals surface area contributed by atoms with Crippen molar-refractivity contribution >= 4 is 18.6 Å². The topological polar surface area (TPSA) is 61.6 Å². The molecule has 0 bridgehead atoms. The highest BCUT2D eigenvalue weighted by molar-refractivity contribution is 7.80. The highest BCUT2D eigenvalue weighted by Gasteiger charge is 2.18. The van der Waals surface area contributed by atoms with Gasteiger partial charge in [-0.15, -0.1) is 0 Å². The SMILES string of the molecule is N[C@@H](CS)C(=O)OCC1CCCCO1. The summed E-state index contributed by atoms with van der Waals surface area (Å²) in [6, 6.07) is -0.623. The first-order chi connectivity index (χ1) is 6.74. The summed E-state index contributed by atoms with van der Waals surface area (Å²) in [5.41, 5.74) is 5.44. The Labute approximate surface area is 89.5 Å². The summed E-state index contributed by atoms with van der Waals surface area (Å²) in [5.74, 6) is -0.0844. The molecule has 1 rings (SSSR count). The number of carbonyl (C=O) groups excluding carboxylic acids is 1. The van der Waals surface area contributed by atoms with Crippen LogP contribution in [0.15, 0.2) is 0 Å². The van der Waals surface area contributed by atoms with Gasteiger partial charge in [0.2, 0.25) is 0 Å². The molecule has 1 fully saturated rings. The average Bonchev–Trinajstić information content (AvgIpc) is 2.26. The van der Waals surface area contributed by atoms with E-state index in [1.54, 1.807) is 0 Å². The summed E-state index contributed by atoms with van der Waals surface area (Å²) in [7, 11) is 0. The molecule has 0 amide bonds. The van der Waals surface area contributed by atoms with E-state index in [0.29, 0.717) is 12.4 Å². The van der Waals surface area contributed by atoms with Crippen molar-refractivity contribution < 1.29 is 14.3 Å². The fourth-order valence-electron chi connectivity index (χ4n) is 1.30. The Balaban J connectivity index is 2.15. The molecule has 1 unspecified atom stereocenters. The predicted octanol–water partition coefficient (Wildman–Crippen LogP) is 0.356. The molecule has 1 heterocycles. The molecule has 0 aromatic heterocycles. The lowest BCUT2D eigenvalue weighted by Crippen LogP contribution is -2.36. The maximum absolute atomic E-state index is 11.2. The van der Waals surface area contributed by atoms with Gasteiger partial charge in [-0.25, -0.2) is 0 Å². The van der Waals surface area contributed by atoms with Crippen LogP contribution in [0.5, 0.6) is 0 Å². The molecule has 2 atom stereocenters. The van der Waals surface area contributed by atoms with Crippen LogP contribution in [0.2, 0.25) is 0 Å². The van der Waals surface area contributed by atoms with Crippen molar-refractivity contribution in [2.75, 3.05) is 19.0 Å². The molecule has 1 aliphatic rings. The van der Waals surface area contributed by atoms with Crippen LogP contribution in [0, 0.1) is 0 Å². The van der Waals surface area contributed by atoms with E-state index < -0.39 is 12.0 Å². The van der Waals surface area contributed by atoms with E-state index in [4.69, 9.17) is 15.2 Å². The molecule has 0 aliphatic carbocycles. The van der Waals surface area contributed by atoms with Gasteiger partial charge in [-0.3, -0.25) is 4.79 Å². The lowest BCUT2D eigenvalue weighted by Gasteiger charge is -2.22. The molecule has 4 nitrogen and oxygen atoms in total. The average molecular weight is 219 g/mol. The second-order valence-corrected chi connectivity index (χ2v) is 3.77. The molecule has 0 spiro atoms. The molecule has 0 aromatic rings. The monoisotopic (exact) mass is 219 g/mol. The Morgan fingerprint density at radius 2 is 2.43 bits per heavy atom. The van der Waals surface area contributed by atoms with Crippen molar-refractivity contribution in [1.82, 2.24) is 0 Å². The minimum Gasteiger partial charge on any atom is -0.462 e. The van der Waals surface area contributed by atoms with E-state index in [0.717, 1.165) is 25.9 Å². The van der Waals surface area contributed by atoms with Crippen LogP contribution in [-0.2, 0) is 14.3 Å². The molecule has 82 valence electrons. The van der Waals surface area contributed by atoms with Gasteiger partial charge in [0.05, 0.1) is 6.10 Å². The molecule has 5 heteroatoms. The van der Waals surface area contributed by atoms with Crippen molar-refractivity contribution in [2.45, 2.75) is 31.4 Å². The summed E-state index contributed by atoms with van der Waals surface area (Å²) in [6.07, 6.45) is 3.25. The summed E-state index contributed by atoms with van der Waals surface area (Å²) >= 11 is 3.92. The quantitative estimate of drug-likeness (QED) is 0.529. The van der Waals surface area contributed by atoms with Gasteiger partial charge in [0.25, 0.3) is 0 Å². The zero-order chi connectivity index (χ0) is 10.4. The second-order valence-electron chi connectivity index (χ2n) is 3.41. The van der Waals surface area contributed by atoms with Crippen molar-refractivity contribution in [3.8, 4) is 0 Å². The van der Waals surface area contributed by atoms with Crippen molar-refractivity contribution in [3.63, 3.8) is 0 Å². The molecule has 14 heavy (non-hydrogen) atoms. The lowest BCUT2D eigenvalue weighted by atomic mass is 10.1. The number of esters is 1. The van der Waals surface area contributed by atoms with Crippen LogP contribution < -0.4 is 5.73 Å². The molecular formula is C9H17NO3S. The van der Waals surface area contributed by atoms with E-state index in [1.807, 2.05) is 0 Å². The van der Waals surface area contributed by atoms with Gasteiger partial charge in [0, 0.05) is 12.4 Å². The van der Waals surface area contributed by atoms with E-state index in [1.165, 1.54) is 0 Å². The highest BCUT2D eigenvalue weighted by atomic mass is 32.1. The van der Waals surface area contributed by atoms with Gasteiger partial charge in [0.1, 0.15) is 12.6 Å². The molecule has 0 radical (unpaired) electrons. The van der Waals surface area contributed by atoms with Crippen LogP contribution in [-0.4, -0.2) is 37.1 Å². The lowest BCUT2D eigenvalue weighted by molar-refractivity contribution is -0.150. The number of ether oxygens (including phenoxy) is 2. The first-order valence-corrected chi connectivity index (χ1v) is 5.52. The van der Waals surface area contributed by atoms with Crippen LogP contribution in [0.25, 0.3) is 0 Å². The van der Waals surface area contributed by atoms with Crippen molar-refractivity contribution in [3.05, 3.63) is 0 Å². The van der Waals surface area contributed by atoms with Crippen LogP contribution in [0.1, 0.15) is 19.3 Å². The van der Waals surface area contributed by atoms with E-state index in [2.05, 4.69) is 12.6 Å². The Morgan fingerprint density at radius 3 is 3.00 bits per heavy atom.